The molecule has 2 heterocycles. The lowest BCUT2D eigenvalue weighted by atomic mass is 9.89. The predicted molar refractivity (Wildman–Crippen MR) is 109 cm³/mol. The van der Waals surface area contributed by atoms with Crippen LogP contribution in [0.2, 0.25) is 5.02 Å². The van der Waals surface area contributed by atoms with Crippen molar-refractivity contribution < 1.29 is 33.9 Å². The monoisotopic (exact) mass is 456 g/mol. The number of aliphatic hydroxyl groups excluding tert-OH is 3. The van der Waals surface area contributed by atoms with Crippen LogP contribution in [-0.4, -0.2) is 51.3 Å². The van der Waals surface area contributed by atoms with Crippen molar-refractivity contribution in [2.75, 3.05) is 6.61 Å². The summed E-state index contributed by atoms with van der Waals surface area (Å²) in [5.74, 6) is -4.20. The second-order valence-electron chi connectivity index (χ2n) is 7.27. The summed E-state index contributed by atoms with van der Waals surface area (Å²) in [6.45, 7) is -1.06. The number of aliphatic hydroxyl groups is 3. The maximum absolute atomic E-state index is 14.1. The quantitative estimate of drug-likeness (QED) is 0.481. The zero-order valence-corrected chi connectivity index (χ0v) is 17.1. The first-order chi connectivity index (χ1) is 14.2. The fourth-order valence-electron chi connectivity index (χ4n) is 3.66. The van der Waals surface area contributed by atoms with E-state index in [2.05, 4.69) is 0 Å². The molecule has 5 nitrogen and oxygen atoms in total. The number of halogens is 3. The van der Waals surface area contributed by atoms with E-state index in [0.717, 1.165) is 15.0 Å². The molecule has 0 saturated carbocycles. The lowest BCUT2D eigenvalue weighted by Gasteiger charge is -2.42. The van der Waals surface area contributed by atoms with Gasteiger partial charge in [0.15, 0.2) is 0 Å². The van der Waals surface area contributed by atoms with Gasteiger partial charge in [-0.05, 0) is 35.2 Å². The van der Waals surface area contributed by atoms with E-state index >= 15 is 0 Å². The number of rotatable bonds is 4. The standard InChI is InChI=1S/C21H19ClF2O5S/c22-14-8-15(26)13(19-18(27)20(28)21(23,24)17(9-25)29-19)7-11(14)6-12-5-10-3-1-2-4-16(10)30-12/h1-5,7-8,17-20,25-28H,6,9H2/t17-,18+,19+,20-/m1/s1. The van der Waals surface area contributed by atoms with E-state index in [-0.39, 0.29) is 16.3 Å². The van der Waals surface area contributed by atoms with Gasteiger partial charge in [0, 0.05) is 26.6 Å². The van der Waals surface area contributed by atoms with Crippen LogP contribution in [0.3, 0.4) is 0 Å². The predicted octanol–water partition coefficient (Wildman–Crippen LogP) is 3.64. The van der Waals surface area contributed by atoms with Crippen molar-refractivity contribution in [3.63, 3.8) is 0 Å². The summed E-state index contributed by atoms with van der Waals surface area (Å²) < 4.78 is 34.4. The highest BCUT2D eigenvalue weighted by atomic mass is 35.5. The third kappa shape index (κ3) is 3.68. The SMILES string of the molecule is OC[C@H]1O[C@@H](c2cc(Cc3cc4ccccc4s3)c(Cl)cc2O)[C@H](O)[C@@H](O)C1(F)F. The zero-order valence-electron chi connectivity index (χ0n) is 15.5. The Kier molecular flexibility index (Phi) is 5.73. The highest BCUT2D eigenvalue weighted by Crippen LogP contribution is 2.44. The van der Waals surface area contributed by atoms with Crippen molar-refractivity contribution in [3.8, 4) is 5.75 Å². The van der Waals surface area contributed by atoms with Gasteiger partial charge in [0.25, 0.3) is 0 Å². The maximum Gasteiger partial charge on any atom is 0.303 e. The summed E-state index contributed by atoms with van der Waals surface area (Å²) in [6.07, 6.45) is -7.55. The molecule has 3 aromatic rings. The van der Waals surface area contributed by atoms with Crippen molar-refractivity contribution in [2.24, 2.45) is 0 Å². The second kappa shape index (κ2) is 8.03. The van der Waals surface area contributed by atoms with Crippen LogP contribution in [0, 0.1) is 0 Å². The molecule has 0 spiro atoms. The van der Waals surface area contributed by atoms with Crippen LogP contribution >= 0.6 is 22.9 Å². The smallest absolute Gasteiger partial charge is 0.303 e. The van der Waals surface area contributed by atoms with E-state index in [1.165, 1.54) is 12.1 Å². The Morgan fingerprint density at radius 3 is 2.57 bits per heavy atom. The molecule has 0 radical (unpaired) electrons. The normalized spacial score (nSPS) is 26.2. The molecule has 0 unspecified atom stereocenters. The van der Waals surface area contributed by atoms with Crippen molar-refractivity contribution >= 4 is 33.0 Å². The van der Waals surface area contributed by atoms with Crippen LogP contribution < -0.4 is 0 Å². The first-order valence-corrected chi connectivity index (χ1v) is 10.4. The highest BCUT2D eigenvalue weighted by Gasteiger charge is 2.57. The number of aromatic hydroxyl groups is 1. The van der Waals surface area contributed by atoms with Crippen molar-refractivity contribution in [2.45, 2.75) is 36.8 Å². The van der Waals surface area contributed by atoms with E-state index in [0.29, 0.717) is 12.0 Å². The summed E-state index contributed by atoms with van der Waals surface area (Å²) in [6, 6.07) is 12.6. The molecule has 4 atom stereocenters. The van der Waals surface area contributed by atoms with E-state index in [9.17, 15) is 29.2 Å². The Balaban J connectivity index is 1.69. The van der Waals surface area contributed by atoms with Crippen molar-refractivity contribution in [3.05, 3.63) is 63.5 Å². The summed E-state index contributed by atoms with van der Waals surface area (Å²) in [5, 5.41) is 41.0. The van der Waals surface area contributed by atoms with Crippen LogP contribution in [0.25, 0.3) is 10.1 Å². The topological polar surface area (TPSA) is 90.2 Å². The van der Waals surface area contributed by atoms with Crippen LogP contribution in [0.5, 0.6) is 5.75 Å². The molecule has 30 heavy (non-hydrogen) atoms. The van der Waals surface area contributed by atoms with Gasteiger partial charge in [0.05, 0.1) is 6.61 Å². The molecule has 1 saturated heterocycles. The lowest BCUT2D eigenvalue weighted by molar-refractivity contribution is -0.296. The van der Waals surface area contributed by atoms with Gasteiger partial charge >= 0.3 is 5.92 Å². The third-order valence-electron chi connectivity index (χ3n) is 5.28. The van der Waals surface area contributed by atoms with Crippen LogP contribution in [0.1, 0.15) is 22.1 Å². The summed E-state index contributed by atoms with van der Waals surface area (Å²) >= 11 is 7.86. The maximum atomic E-state index is 14.1. The fourth-order valence-corrected chi connectivity index (χ4v) is 4.97. The molecular formula is C21H19ClF2O5S. The number of alkyl halides is 2. The van der Waals surface area contributed by atoms with Crippen LogP contribution in [-0.2, 0) is 11.2 Å². The molecule has 4 rings (SSSR count). The Morgan fingerprint density at radius 2 is 1.87 bits per heavy atom. The summed E-state index contributed by atoms with van der Waals surface area (Å²) in [5.41, 5.74) is 0.607. The number of phenolic OH excluding ortho intramolecular Hbond substituents is 1. The second-order valence-corrected chi connectivity index (χ2v) is 8.84. The Hall–Kier alpha value is -1.81. The van der Waals surface area contributed by atoms with Crippen molar-refractivity contribution in [1.82, 2.24) is 0 Å². The number of ether oxygens (including phenoxy) is 1. The molecule has 0 aliphatic carbocycles. The average molecular weight is 457 g/mol. The molecule has 0 bridgehead atoms. The highest BCUT2D eigenvalue weighted by molar-refractivity contribution is 7.19. The molecule has 1 fully saturated rings. The minimum absolute atomic E-state index is 0.0102. The van der Waals surface area contributed by atoms with E-state index in [1.807, 2.05) is 30.3 Å². The third-order valence-corrected chi connectivity index (χ3v) is 6.75. The van der Waals surface area contributed by atoms with Gasteiger partial charge in [0.2, 0.25) is 0 Å². The first kappa shape index (κ1) is 21.4. The number of benzene rings is 2. The van der Waals surface area contributed by atoms with Crippen LogP contribution in [0.4, 0.5) is 8.78 Å². The van der Waals surface area contributed by atoms with Crippen molar-refractivity contribution in [1.29, 1.82) is 0 Å². The molecular weight excluding hydrogens is 438 g/mol. The van der Waals surface area contributed by atoms with Gasteiger partial charge in [-0.2, -0.15) is 0 Å². The van der Waals surface area contributed by atoms with Gasteiger partial charge in [-0.15, -0.1) is 11.3 Å². The average Bonchev–Trinajstić information content (AvgIpc) is 3.11. The lowest BCUT2D eigenvalue weighted by Crippen LogP contribution is -2.59. The number of fused-ring (bicyclic) bond motifs is 1. The number of thiophene rings is 1. The molecule has 9 heteroatoms. The number of phenols is 1. The summed E-state index contributed by atoms with van der Waals surface area (Å²) in [4.78, 5) is 1.000. The minimum atomic E-state index is -3.84. The fraction of sp³-hybridized carbons (Fsp3) is 0.333. The Bertz CT molecular complexity index is 1040. The van der Waals surface area contributed by atoms with Gasteiger partial charge in [-0.1, -0.05) is 29.8 Å². The van der Waals surface area contributed by atoms with E-state index < -0.39 is 36.9 Å². The van der Waals surface area contributed by atoms with Gasteiger partial charge in [-0.25, -0.2) is 8.78 Å². The summed E-state index contributed by atoms with van der Waals surface area (Å²) in [7, 11) is 0. The zero-order chi connectivity index (χ0) is 21.6. The van der Waals surface area contributed by atoms with Crippen LogP contribution in [0.15, 0.2) is 42.5 Å². The van der Waals surface area contributed by atoms with E-state index in [1.54, 1.807) is 11.3 Å². The molecule has 1 aromatic heterocycles. The molecule has 0 amide bonds. The molecule has 160 valence electrons. The van der Waals surface area contributed by atoms with Gasteiger partial charge in [-0.3, -0.25) is 0 Å². The Labute approximate surface area is 179 Å². The minimum Gasteiger partial charge on any atom is -0.508 e. The first-order valence-electron chi connectivity index (χ1n) is 9.21. The molecule has 1 aliphatic heterocycles. The number of hydrogen-bond donors (Lipinski definition) is 4. The molecule has 1 aliphatic rings. The molecule has 4 N–H and O–H groups in total. The number of hydrogen-bond acceptors (Lipinski definition) is 6. The Morgan fingerprint density at radius 1 is 1.13 bits per heavy atom. The van der Waals surface area contributed by atoms with Gasteiger partial charge in [0.1, 0.15) is 30.2 Å². The largest absolute Gasteiger partial charge is 0.508 e. The molecule has 2 aromatic carbocycles. The van der Waals surface area contributed by atoms with Gasteiger partial charge < -0.3 is 25.2 Å². The van der Waals surface area contributed by atoms with E-state index in [4.69, 9.17) is 16.3 Å².